The lowest BCUT2D eigenvalue weighted by Crippen LogP contribution is -2.72. The number of benzene rings is 1. The quantitative estimate of drug-likeness (QED) is 0.688. The number of fused-ring (bicyclic) bond motifs is 6. The SMILES string of the molecule is CC(C)(C)OC(=O)n1c2c(c3ccccc31)C[C@]1(CO)N3C(=O)CCC[C@@H]3C[C@]1(O)C2(C)C. The van der Waals surface area contributed by atoms with E-state index in [4.69, 9.17) is 4.74 Å². The zero-order valence-electron chi connectivity index (χ0n) is 20.1. The van der Waals surface area contributed by atoms with Crippen LogP contribution in [0.5, 0.6) is 0 Å². The lowest BCUT2D eigenvalue weighted by atomic mass is 9.56. The van der Waals surface area contributed by atoms with Gasteiger partial charge >= 0.3 is 6.09 Å². The molecule has 33 heavy (non-hydrogen) atoms. The highest BCUT2D eigenvalue weighted by Gasteiger charge is 2.72. The summed E-state index contributed by atoms with van der Waals surface area (Å²) in [5.74, 6) is -0.00800. The molecule has 1 aromatic heterocycles. The summed E-state index contributed by atoms with van der Waals surface area (Å²) in [6.45, 7) is 9.02. The van der Waals surface area contributed by atoms with Gasteiger partial charge in [-0.25, -0.2) is 9.36 Å². The summed E-state index contributed by atoms with van der Waals surface area (Å²) in [7, 11) is 0. The molecular formula is C26H34N2O5. The van der Waals surface area contributed by atoms with E-state index in [1.807, 2.05) is 58.9 Å². The molecule has 5 rings (SSSR count). The van der Waals surface area contributed by atoms with Gasteiger partial charge in [0.2, 0.25) is 5.91 Å². The van der Waals surface area contributed by atoms with Gasteiger partial charge in [-0.15, -0.1) is 0 Å². The Bertz CT molecular complexity index is 1160. The van der Waals surface area contributed by atoms with Gasteiger partial charge in [0, 0.05) is 35.4 Å². The molecule has 2 N–H and O–H groups in total. The minimum absolute atomic E-state index is 0.00800. The number of aliphatic hydroxyl groups excluding tert-OH is 1. The first-order valence-electron chi connectivity index (χ1n) is 11.9. The number of aliphatic hydroxyl groups is 2. The molecule has 3 aliphatic rings. The zero-order valence-corrected chi connectivity index (χ0v) is 20.1. The van der Waals surface area contributed by atoms with E-state index >= 15 is 0 Å². The third-order valence-corrected chi connectivity index (χ3v) is 8.24. The highest BCUT2D eigenvalue weighted by molar-refractivity contribution is 5.95. The molecular weight excluding hydrogens is 420 g/mol. The summed E-state index contributed by atoms with van der Waals surface area (Å²) in [6.07, 6.45) is 2.21. The largest absolute Gasteiger partial charge is 0.443 e. The lowest BCUT2D eigenvalue weighted by Gasteiger charge is -2.56. The van der Waals surface area contributed by atoms with E-state index in [0.717, 1.165) is 23.8 Å². The summed E-state index contributed by atoms with van der Waals surface area (Å²) in [5.41, 5.74) is -1.84. The maximum Gasteiger partial charge on any atom is 0.419 e. The molecule has 0 unspecified atom stereocenters. The monoisotopic (exact) mass is 454 g/mol. The number of para-hydroxylation sites is 1. The van der Waals surface area contributed by atoms with Gasteiger partial charge in [0.15, 0.2) is 0 Å². The zero-order chi connectivity index (χ0) is 24.0. The Labute approximate surface area is 194 Å². The Balaban J connectivity index is 1.80. The number of piperidine rings is 1. The fourth-order valence-electron chi connectivity index (χ4n) is 6.91. The minimum Gasteiger partial charge on any atom is -0.443 e. The van der Waals surface area contributed by atoms with Crippen molar-refractivity contribution >= 4 is 22.9 Å². The lowest BCUT2D eigenvalue weighted by molar-refractivity contribution is -0.163. The summed E-state index contributed by atoms with van der Waals surface area (Å²) in [4.78, 5) is 28.4. The van der Waals surface area contributed by atoms with Crippen molar-refractivity contribution in [3.8, 4) is 0 Å². The third-order valence-electron chi connectivity index (χ3n) is 8.24. The molecule has 2 aliphatic heterocycles. The number of amides is 1. The second kappa shape index (κ2) is 6.83. The predicted molar refractivity (Wildman–Crippen MR) is 124 cm³/mol. The van der Waals surface area contributed by atoms with Crippen molar-refractivity contribution in [3.05, 3.63) is 35.5 Å². The van der Waals surface area contributed by atoms with Crippen molar-refractivity contribution in [3.63, 3.8) is 0 Å². The van der Waals surface area contributed by atoms with Crippen LogP contribution < -0.4 is 0 Å². The number of rotatable bonds is 1. The summed E-state index contributed by atoms with van der Waals surface area (Å²) in [5, 5.41) is 24.1. The highest BCUT2D eigenvalue weighted by Crippen LogP contribution is 2.60. The molecule has 178 valence electrons. The highest BCUT2D eigenvalue weighted by atomic mass is 16.6. The van der Waals surface area contributed by atoms with Crippen molar-refractivity contribution in [2.45, 2.75) is 94.9 Å². The average Bonchev–Trinajstić information content (AvgIpc) is 3.19. The van der Waals surface area contributed by atoms with E-state index in [2.05, 4.69) is 0 Å². The van der Waals surface area contributed by atoms with Crippen molar-refractivity contribution in [2.24, 2.45) is 0 Å². The topological polar surface area (TPSA) is 92.0 Å². The fraction of sp³-hybridized carbons (Fsp3) is 0.615. The Morgan fingerprint density at radius 3 is 2.61 bits per heavy atom. The van der Waals surface area contributed by atoms with Crippen molar-refractivity contribution in [2.75, 3.05) is 6.61 Å². The van der Waals surface area contributed by atoms with Crippen molar-refractivity contribution in [1.82, 2.24) is 9.47 Å². The predicted octanol–water partition coefficient (Wildman–Crippen LogP) is 3.51. The van der Waals surface area contributed by atoms with E-state index in [0.29, 0.717) is 24.1 Å². The van der Waals surface area contributed by atoms with Crippen LogP contribution in [0.3, 0.4) is 0 Å². The molecule has 0 saturated carbocycles. The van der Waals surface area contributed by atoms with Gasteiger partial charge in [-0.05, 0) is 51.7 Å². The third kappa shape index (κ3) is 2.75. The van der Waals surface area contributed by atoms with Crippen LogP contribution in [-0.4, -0.2) is 61.1 Å². The van der Waals surface area contributed by atoms with Gasteiger partial charge in [0.05, 0.1) is 17.7 Å². The number of nitrogens with zero attached hydrogens (tertiary/aromatic N) is 2. The average molecular weight is 455 g/mol. The summed E-state index contributed by atoms with van der Waals surface area (Å²) >= 11 is 0. The molecule has 0 radical (unpaired) electrons. The Morgan fingerprint density at radius 1 is 1.24 bits per heavy atom. The van der Waals surface area contributed by atoms with Crippen LogP contribution >= 0.6 is 0 Å². The standard InChI is InChI=1S/C26H34N2O5/c1-23(2,3)33-22(31)27-19-11-7-6-10-17(19)18-14-25(15-29)26(32,24(4,5)21(18)27)13-16-9-8-12-20(30)28(16)25/h6-7,10-11,16,29,32H,8-9,12-15H2,1-5H3/t16-,25-,26+/m1/s1. The second-order valence-corrected chi connectivity index (χ2v) is 11.5. The molecule has 3 atom stereocenters. The Kier molecular flexibility index (Phi) is 4.64. The van der Waals surface area contributed by atoms with Crippen molar-refractivity contribution in [1.29, 1.82) is 0 Å². The van der Waals surface area contributed by atoms with E-state index in [1.54, 1.807) is 9.47 Å². The van der Waals surface area contributed by atoms with Crippen LogP contribution in [0, 0.1) is 0 Å². The molecule has 7 nitrogen and oxygen atoms in total. The molecule has 0 bridgehead atoms. The van der Waals surface area contributed by atoms with Crippen LogP contribution in [0.2, 0.25) is 0 Å². The smallest absolute Gasteiger partial charge is 0.419 e. The van der Waals surface area contributed by atoms with Gasteiger partial charge < -0.3 is 19.8 Å². The van der Waals surface area contributed by atoms with E-state index in [9.17, 15) is 19.8 Å². The number of hydrogen-bond acceptors (Lipinski definition) is 5. The number of carbonyl (C=O) groups is 2. The summed E-state index contributed by atoms with van der Waals surface area (Å²) in [6, 6.07) is 7.53. The maximum atomic E-state index is 13.5. The fourth-order valence-corrected chi connectivity index (χ4v) is 6.91. The Hall–Kier alpha value is -2.38. The molecule has 1 amide bonds. The first-order chi connectivity index (χ1) is 15.4. The normalized spacial score (nSPS) is 30.7. The van der Waals surface area contributed by atoms with Crippen LogP contribution in [0.1, 0.15) is 71.6 Å². The molecule has 3 heterocycles. The molecule has 1 aliphatic carbocycles. The van der Waals surface area contributed by atoms with E-state index in [-0.39, 0.29) is 25.0 Å². The van der Waals surface area contributed by atoms with E-state index < -0.39 is 28.2 Å². The van der Waals surface area contributed by atoms with Gasteiger partial charge in [0.25, 0.3) is 0 Å². The van der Waals surface area contributed by atoms with Crippen LogP contribution in [0.25, 0.3) is 10.9 Å². The molecule has 1 aromatic carbocycles. The minimum atomic E-state index is -1.40. The number of hydrogen-bond donors (Lipinski definition) is 2. The van der Waals surface area contributed by atoms with Crippen LogP contribution in [0.4, 0.5) is 4.79 Å². The number of aromatic nitrogens is 1. The van der Waals surface area contributed by atoms with Gasteiger partial charge in [-0.1, -0.05) is 32.0 Å². The second-order valence-electron chi connectivity index (χ2n) is 11.5. The number of carbonyl (C=O) groups excluding carboxylic acids is 2. The maximum absolute atomic E-state index is 13.5. The Morgan fingerprint density at radius 2 is 1.94 bits per heavy atom. The van der Waals surface area contributed by atoms with Crippen molar-refractivity contribution < 1.29 is 24.5 Å². The molecule has 0 spiro atoms. The van der Waals surface area contributed by atoms with Gasteiger partial charge in [-0.2, -0.15) is 0 Å². The van der Waals surface area contributed by atoms with Gasteiger partial charge in [0.1, 0.15) is 11.2 Å². The molecule has 2 fully saturated rings. The molecule has 7 heteroatoms. The molecule has 2 aromatic rings. The summed E-state index contributed by atoms with van der Waals surface area (Å²) < 4.78 is 7.39. The molecule has 2 saturated heterocycles. The first-order valence-corrected chi connectivity index (χ1v) is 11.9. The van der Waals surface area contributed by atoms with Gasteiger partial charge in [-0.3, -0.25) is 4.79 Å². The first kappa shape index (κ1) is 22.4. The van der Waals surface area contributed by atoms with Crippen LogP contribution in [-0.2, 0) is 21.4 Å². The van der Waals surface area contributed by atoms with E-state index in [1.165, 1.54) is 0 Å². The van der Waals surface area contributed by atoms with Crippen LogP contribution in [0.15, 0.2) is 24.3 Å². The number of ether oxygens (including phenoxy) is 1.